The van der Waals surface area contributed by atoms with Gasteiger partial charge in [-0.1, -0.05) is 13.8 Å². The molecule has 0 spiro atoms. The highest BCUT2D eigenvalue weighted by Crippen LogP contribution is 2.19. The van der Waals surface area contributed by atoms with Gasteiger partial charge in [0.15, 0.2) is 0 Å². The first-order chi connectivity index (χ1) is 9.85. The van der Waals surface area contributed by atoms with E-state index < -0.39 is 18.0 Å². The van der Waals surface area contributed by atoms with Crippen LogP contribution < -0.4 is 5.32 Å². The highest BCUT2D eigenvalue weighted by molar-refractivity contribution is 7.09. The average molecular weight is 313 g/mol. The highest BCUT2D eigenvalue weighted by Gasteiger charge is 2.20. The number of aliphatic carboxylic acids is 1. The zero-order valence-corrected chi connectivity index (χ0v) is 13.2. The number of aromatic nitrogens is 1. The minimum Gasteiger partial charge on any atom is -0.677 e. The van der Waals surface area contributed by atoms with Gasteiger partial charge in [-0.25, -0.2) is 14.6 Å². The molecule has 0 aliphatic heterocycles. The van der Waals surface area contributed by atoms with Crippen LogP contribution in [0.2, 0.25) is 0 Å². The quantitative estimate of drug-likeness (QED) is 0.805. The number of carboxylic acid groups (broad SMARTS) is 1. The first-order valence-corrected chi connectivity index (χ1v) is 7.56. The second kappa shape index (κ2) is 7.94. The molecule has 0 saturated carbocycles. The lowest BCUT2D eigenvalue weighted by Crippen LogP contribution is -2.46. The maximum absolute atomic E-state index is 11.9. The molecule has 7 nitrogen and oxygen atoms in total. The van der Waals surface area contributed by atoms with Crippen LogP contribution in [0.15, 0.2) is 5.38 Å². The molecule has 0 bridgehead atoms. The zero-order chi connectivity index (χ0) is 16.0. The number of thiazole rings is 1. The Morgan fingerprint density at radius 1 is 1.52 bits per heavy atom. The summed E-state index contributed by atoms with van der Waals surface area (Å²) in [6, 6.07) is -1.51. The number of nitrogens with one attached hydrogen (secondary N) is 2. The van der Waals surface area contributed by atoms with Crippen molar-refractivity contribution >= 4 is 23.3 Å². The molecule has 0 fully saturated rings. The summed E-state index contributed by atoms with van der Waals surface area (Å²) in [4.78, 5) is 28.7. The maximum atomic E-state index is 11.9. The summed E-state index contributed by atoms with van der Waals surface area (Å²) in [5.74, 6) is -0.781. The average Bonchev–Trinajstić information content (AvgIpc) is 2.86. The smallest absolute Gasteiger partial charge is 0.326 e. The van der Waals surface area contributed by atoms with E-state index in [1.807, 2.05) is 5.38 Å². The predicted molar refractivity (Wildman–Crippen MR) is 81.4 cm³/mol. The number of nitrogens with zero attached hydrogens (tertiary/aromatic N) is 2. The minimum absolute atomic E-state index is 0.0508. The molecule has 3 N–H and O–H groups in total. The number of rotatable bonds is 7. The van der Waals surface area contributed by atoms with E-state index in [9.17, 15) is 9.59 Å². The second-order valence-corrected chi connectivity index (χ2v) is 5.96. The molecule has 1 heterocycles. The van der Waals surface area contributed by atoms with E-state index in [4.69, 9.17) is 10.8 Å². The van der Waals surface area contributed by atoms with Gasteiger partial charge in [-0.15, -0.1) is 17.9 Å². The summed E-state index contributed by atoms with van der Waals surface area (Å²) in [6.45, 7) is 4.38. The molecule has 0 unspecified atom stereocenters. The largest absolute Gasteiger partial charge is 0.677 e. The van der Waals surface area contributed by atoms with E-state index in [2.05, 4.69) is 24.1 Å². The van der Waals surface area contributed by atoms with Crippen LogP contribution in [0.4, 0.5) is 4.79 Å². The van der Waals surface area contributed by atoms with E-state index in [0.29, 0.717) is 12.5 Å². The molecule has 0 aromatic carbocycles. The number of urea groups is 1. The first kappa shape index (κ1) is 17.4. The van der Waals surface area contributed by atoms with Gasteiger partial charge in [-0.3, -0.25) is 0 Å². The minimum atomic E-state index is -1.13. The predicted octanol–water partition coefficient (Wildman–Crippen LogP) is 2.30. The Kier molecular flexibility index (Phi) is 6.57. The van der Waals surface area contributed by atoms with Crippen LogP contribution in [0.1, 0.15) is 36.9 Å². The van der Waals surface area contributed by atoms with Gasteiger partial charge >= 0.3 is 12.0 Å². The molecule has 0 aliphatic rings. The summed E-state index contributed by atoms with van der Waals surface area (Å²) < 4.78 is 0. The van der Waals surface area contributed by atoms with Crippen molar-refractivity contribution in [2.45, 2.75) is 38.8 Å². The standard InChI is InChI=1S/C13H21N4O3S/c1-8(2)11-15-9(7-21-11)6-17(3)13(20)16-10(4-5-14)12(18)19/h7-8,10,14H,4-6H2,1-3H3,(H,16,20)(H,18,19)/q-1/t10-/m0/s1. The summed E-state index contributed by atoms with van der Waals surface area (Å²) in [6.07, 6.45) is 0.0864. The molecule has 0 aliphatic carbocycles. The normalized spacial score (nSPS) is 12.2. The van der Waals surface area contributed by atoms with E-state index >= 15 is 0 Å². The van der Waals surface area contributed by atoms with Crippen molar-refractivity contribution in [1.82, 2.24) is 15.2 Å². The Morgan fingerprint density at radius 2 is 2.19 bits per heavy atom. The molecule has 8 heteroatoms. The SMILES string of the molecule is CC(C)c1nc(CN(C)C(=O)N[C@@H](CC[NH-])C(=O)O)cs1. The molecule has 118 valence electrons. The third-order valence-corrected chi connectivity index (χ3v) is 4.03. The van der Waals surface area contributed by atoms with Gasteiger partial charge in [0.1, 0.15) is 6.04 Å². The van der Waals surface area contributed by atoms with Crippen molar-refractivity contribution in [3.05, 3.63) is 21.8 Å². The van der Waals surface area contributed by atoms with Crippen molar-refractivity contribution in [2.75, 3.05) is 13.6 Å². The van der Waals surface area contributed by atoms with Crippen molar-refractivity contribution in [3.63, 3.8) is 0 Å². The van der Waals surface area contributed by atoms with Crippen LogP contribution in [-0.2, 0) is 11.3 Å². The number of carboxylic acids is 1. The summed E-state index contributed by atoms with van der Waals surface area (Å²) in [5, 5.41) is 14.3. The highest BCUT2D eigenvalue weighted by atomic mass is 32.1. The summed E-state index contributed by atoms with van der Waals surface area (Å²) in [5.41, 5.74) is 7.85. The lowest BCUT2D eigenvalue weighted by atomic mass is 10.2. The first-order valence-electron chi connectivity index (χ1n) is 6.68. The number of carbonyl (C=O) groups excluding carboxylic acids is 1. The van der Waals surface area contributed by atoms with Gasteiger partial charge in [-0.2, -0.15) is 0 Å². The monoisotopic (exact) mass is 313 g/mol. The van der Waals surface area contributed by atoms with Gasteiger partial charge in [0.2, 0.25) is 0 Å². The lowest BCUT2D eigenvalue weighted by Gasteiger charge is -2.21. The van der Waals surface area contributed by atoms with E-state index in [-0.39, 0.29) is 13.0 Å². The number of hydrogen-bond donors (Lipinski definition) is 2. The molecule has 0 radical (unpaired) electrons. The molecule has 1 rings (SSSR count). The fourth-order valence-corrected chi connectivity index (χ4v) is 2.46. The second-order valence-electron chi connectivity index (χ2n) is 5.07. The molecule has 1 aromatic rings. The fourth-order valence-electron chi connectivity index (χ4n) is 1.64. The van der Waals surface area contributed by atoms with Crippen LogP contribution >= 0.6 is 11.3 Å². The van der Waals surface area contributed by atoms with E-state index in [1.165, 1.54) is 4.90 Å². The maximum Gasteiger partial charge on any atom is 0.326 e. The van der Waals surface area contributed by atoms with Gasteiger partial charge in [0.05, 0.1) is 17.2 Å². The van der Waals surface area contributed by atoms with Gasteiger partial charge < -0.3 is 21.1 Å². The Bertz CT molecular complexity index is 490. The Hall–Kier alpha value is -1.67. The number of carbonyl (C=O) groups is 2. The Balaban J connectivity index is 2.58. The van der Waals surface area contributed by atoms with Gasteiger partial charge in [0.25, 0.3) is 0 Å². The molecular weight excluding hydrogens is 292 g/mol. The Labute approximate surface area is 128 Å². The third kappa shape index (κ3) is 5.31. The molecule has 1 aromatic heterocycles. The van der Waals surface area contributed by atoms with Crippen molar-refractivity contribution in [3.8, 4) is 0 Å². The van der Waals surface area contributed by atoms with Crippen LogP contribution in [-0.4, -0.2) is 46.6 Å². The van der Waals surface area contributed by atoms with Crippen LogP contribution in [0, 0.1) is 0 Å². The molecule has 1 atom stereocenters. The number of hydrogen-bond acceptors (Lipinski definition) is 4. The molecule has 0 saturated heterocycles. The van der Waals surface area contributed by atoms with Gasteiger partial charge in [-0.05, 0) is 6.42 Å². The van der Waals surface area contributed by atoms with E-state index in [0.717, 1.165) is 10.7 Å². The van der Waals surface area contributed by atoms with Gasteiger partial charge in [0, 0.05) is 18.3 Å². The molecular formula is C13H21N4O3S-. The topological polar surface area (TPSA) is 106 Å². The lowest BCUT2D eigenvalue weighted by molar-refractivity contribution is -0.139. The Morgan fingerprint density at radius 3 is 2.67 bits per heavy atom. The zero-order valence-electron chi connectivity index (χ0n) is 12.4. The molecule has 2 amide bonds. The van der Waals surface area contributed by atoms with Crippen molar-refractivity contribution in [2.24, 2.45) is 0 Å². The fraction of sp³-hybridized carbons (Fsp3) is 0.615. The van der Waals surface area contributed by atoms with Crippen molar-refractivity contribution in [1.29, 1.82) is 0 Å². The van der Waals surface area contributed by atoms with Crippen LogP contribution in [0.25, 0.3) is 5.73 Å². The third-order valence-electron chi connectivity index (χ3n) is 2.84. The van der Waals surface area contributed by atoms with Crippen LogP contribution in [0.5, 0.6) is 0 Å². The van der Waals surface area contributed by atoms with Crippen LogP contribution in [0.3, 0.4) is 0 Å². The summed E-state index contributed by atoms with van der Waals surface area (Å²) >= 11 is 1.55. The number of amides is 2. The molecule has 21 heavy (non-hydrogen) atoms. The summed E-state index contributed by atoms with van der Waals surface area (Å²) in [7, 11) is 1.59. The van der Waals surface area contributed by atoms with E-state index in [1.54, 1.807) is 18.4 Å². The van der Waals surface area contributed by atoms with Crippen molar-refractivity contribution < 1.29 is 14.7 Å².